The highest BCUT2D eigenvalue weighted by Crippen LogP contribution is 2.19. The van der Waals surface area contributed by atoms with Crippen LogP contribution in [-0.4, -0.2) is 37.6 Å². The van der Waals surface area contributed by atoms with Crippen molar-refractivity contribution >= 4 is 10.0 Å². The molecule has 5 heteroatoms. The molecule has 0 radical (unpaired) electrons. The Morgan fingerprint density at radius 1 is 1.36 bits per heavy atom. The Bertz CT molecular complexity index is 267. The number of sulfonamides is 1. The van der Waals surface area contributed by atoms with E-state index in [1.165, 1.54) is 4.31 Å². The van der Waals surface area contributed by atoms with Gasteiger partial charge in [-0.05, 0) is 33.2 Å². The molecule has 1 unspecified atom stereocenters. The molecule has 0 amide bonds. The van der Waals surface area contributed by atoms with E-state index >= 15 is 0 Å². The molecule has 2 N–H and O–H groups in total. The van der Waals surface area contributed by atoms with Gasteiger partial charge in [0.15, 0.2) is 0 Å². The summed E-state index contributed by atoms with van der Waals surface area (Å²) in [6.45, 7) is 8.03. The molecule has 0 saturated heterocycles. The van der Waals surface area contributed by atoms with Crippen LogP contribution in [0.25, 0.3) is 0 Å². The quantitative estimate of drug-likeness (QED) is 0.759. The summed E-state index contributed by atoms with van der Waals surface area (Å²) in [5, 5.41) is 0. The smallest absolute Gasteiger partial charge is 0.218 e. The maximum absolute atomic E-state index is 11.9. The van der Waals surface area contributed by atoms with E-state index in [0.29, 0.717) is 13.1 Å². The Labute approximate surface area is 87.5 Å². The lowest BCUT2D eigenvalue weighted by molar-refractivity contribution is 0.392. The topological polar surface area (TPSA) is 63.4 Å². The van der Waals surface area contributed by atoms with E-state index in [1.807, 2.05) is 6.92 Å². The molecule has 0 aromatic rings. The Hall–Kier alpha value is -0.130. The van der Waals surface area contributed by atoms with Gasteiger partial charge in [0, 0.05) is 13.6 Å². The zero-order valence-corrected chi connectivity index (χ0v) is 10.6. The fraction of sp³-hybridized carbons (Fsp3) is 1.00. The predicted octanol–water partition coefficient (Wildman–Crippen LogP) is 0.641. The van der Waals surface area contributed by atoms with Crippen molar-refractivity contribution < 1.29 is 8.42 Å². The third kappa shape index (κ3) is 3.22. The molecule has 86 valence electrons. The highest BCUT2D eigenvalue weighted by molar-refractivity contribution is 7.90. The minimum absolute atomic E-state index is 0.192. The molecule has 14 heavy (non-hydrogen) atoms. The molecule has 4 nitrogen and oxygen atoms in total. The number of rotatable bonds is 4. The first kappa shape index (κ1) is 13.9. The fourth-order valence-corrected chi connectivity index (χ4v) is 2.46. The number of nitrogens with two attached hydrogens (primary N) is 1. The molecule has 0 aliphatic heterocycles. The molecule has 0 aliphatic carbocycles. The third-order valence-electron chi connectivity index (χ3n) is 2.16. The number of nitrogens with zero attached hydrogens (tertiary/aromatic N) is 1. The Morgan fingerprint density at radius 3 is 2.07 bits per heavy atom. The first-order valence-corrected chi connectivity index (χ1v) is 6.23. The second-order valence-corrected chi connectivity index (χ2v) is 7.54. The summed E-state index contributed by atoms with van der Waals surface area (Å²) in [6.07, 6.45) is 0. The van der Waals surface area contributed by atoms with E-state index in [9.17, 15) is 8.42 Å². The monoisotopic (exact) mass is 222 g/mol. The van der Waals surface area contributed by atoms with Crippen molar-refractivity contribution in [1.29, 1.82) is 0 Å². The van der Waals surface area contributed by atoms with Gasteiger partial charge in [0.25, 0.3) is 0 Å². The first-order chi connectivity index (χ1) is 6.13. The zero-order chi connectivity index (χ0) is 11.6. The average molecular weight is 222 g/mol. The van der Waals surface area contributed by atoms with E-state index in [-0.39, 0.29) is 5.92 Å². The molecule has 0 spiro atoms. The number of hydrogen-bond acceptors (Lipinski definition) is 3. The van der Waals surface area contributed by atoms with Gasteiger partial charge in [0.1, 0.15) is 0 Å². The second-order valence-electron chi connectivity index (χ2n) is 4.74. The maximum atomic E-state index is 11.9. The summed E-state index contributed by atoms with van der Waals surface area (Å²) < 4.78 is 24.4. The van der Waals surface area contributed by atoms with Gasteiger partial charge in [-0.3, -0.25) is 0 Å². The molecule has 0 rings (SSSR count). The highest BCUT2D eigenvalue weighted by Gasteiger charge is 2.33. The number of hydrogen-bond donors (Lipinski definition) is 1. The lowest BCUT2D eigenvalue weighted by atomic mass is 10.2. The highest BCUT2D eigenvalue weighted by atomic mass is 32.2. The normalized spacial score (nSPS) is 15.9. The summed E-state index contributed by atoms with van der Waals surface area (Å²) in [7, 11) is -1.60. The standard InChI is InChI=1S/C9H22N2O2S/c1-8(6-10)7-11(5)14(12,13)9(2,3)4/h8H,6-7,10H2,1-5H3. The van der Waals surface area contributed by atoms with Crippen LogP contribution in [0, 0.1) is 5.92 Å². The Morgan fingerprint density at radius 2 is 1.79 bits per heavy atom. The minimum atomic E-state index is -3.20. The van der Waals surface area contributed by atoms with Crippen LogP contribution in [0.5, 0.6) is 0 Å². The van der Waals surface area contributed by atoms with Crippen LogP contribution in [0.4, 0.5) is 0 Å². The van der Waals surface area contributed by atoms with Crippen molar-refractivity contribution in [3.63, 3.8) is 0 Å². The molecule has 0 heterocycles. The lowest BCUT2D eigenvalue weighted by Crippen LogP contribution is -2.43. The van der Waals surface area contributed by atoms with Crippen molar-refractivity contribution in [1.82, 2.24) is 4.31 Å². The van der Waals surface area contributed by atoms with E-state index in [0.717, 1.165) is 0 Å². The van der Waals surface area contributed by atoms with Crippen molar-refractivity contribution in [2.45, 2.75) is 32.4 Å². The fourth-order valence-electron chi connectivity index (χ4n) is 1.08. The van der Waals surface area contributed by atoms with Crippen molar-refractivity contribution in [3.05, 3.63) is 0 Å². The summed E-state index contributed by atoms with van der Waals surface area (Å²) in [6, 6.07) is 0. The molecule has 0 aromatic carbocycles. The summed E-state index contributed by atoms with van der Waals surface area (Å²) in [5.74, 6) is 0.192. The largest absolute Gasteiger partial charge is 0.330 e. The molecule has 0 aliphatic rings. The van der Waals surface area contributed by atoms with Crippen LogP contribution >= 0.6 is 0 Å². The van der Waals surface area contributed by atoms with Crippen LogP contribution in [0.15, 0.2) is 0 Å². The van der Waals surface area contributed by atoms with Crippen LogP contribution in [-0.2, 0) is 10.0 Å². The van der Waals surface area contributed by atoms with Gasteiger partial charge in [-0.2, -0.15) is 0 Å². The van der Waals surface area contributed by atoms with Crippen LogP contribution in [0.3, 0.4) is 0 Å². The van der Waals surface area contributed by atoms with E-state index in [4.69, 9.17) is 5.73 Å². The minimum Gasteiger partial charge on any atom is -0.330 e. The van der Waals surface area contributed by atoms with Crippen LogP contribution < -0.4 is 5.73 Å². The van der Waals surface area contributed by atoms with Crippen molar-refractivity contribution in [3.8, 4) is 0 Å². The van der Waals surface area contributed by atoms with Gasteiger partial charge in [0.2, 0.25) is 10.0 Å². The second kappa shape index (κ2) is 4.59. The Balaban J connectivity index is 4.62. The van der Waals surface area contributed by atoms with E-state index in [2.05, 4.69) is 0 Å². The van der Waals surface area contributed by atoms with Crippen LogP contribution in [0.2, 0.25) is 0 Å². The Kier molecular flexibility index (Phi) is 4.55. The molecule has 1 atom stereocenters. The SMILES string of the molecule is CC(CN)CN(C)S(=O)(=O)C(C)(C)C. The van der Waals surface area contributed by atoms with Gasteiger partial charge in [-0.1, -0.05) is 6.92 Å². The molecule has 0 fully saturated rings. The lowest BCUT2D eigenvalue weighted by Gasteiger charge is -2.28. The third-order valence-corrected chi connectivity index (χ3v) is 4.67. The summed E-state index contributed by atoms with van der Waals surface area (Å²) >= 11 is 0. The van der Waals surface area contributed by atoms with Gasteiger partial charge in [-0.15, -0.1) is 0 Å². The maximum Gasteiger partial charge on any atom is 0.218 e. The summed E-state index contributed by atoms with van der Waals surface area (Å²) in [4.78, 5) is 0. The summed E-state index contributed by atoms with van der Waals surface area (Å²) in [5.41, 5.74) is 5.45. The molecule has 0 aromatic heterocycles. The zero-order valence-electron chi connectivity index (χ0n) is 9.74. The predicted molar refractivity (Wildman–Crippen MR) is 59.5 cm³/mol. The molecule has 0 saturated carbocycles. The van der Waals surface area contributed by atoms with E-state index in [1.54, 1.807) is 27.8 Å². The molecular formula is C9H22N2O2S. The van der Waals surface area contributed by atoms with Gasteiger partial charge >= 0.3 is 0 Å². The molecule has 0 bridgehead atoms. The van der Waals surface area contributed by atoms with Gasteiger partial charge in [-0.25, -0.2) is 12.7 Å². The molecular weight excluding hydrogens is 200 g/mol. The van der Waals surface area contributed by atoms with E-state index < -0.39 is 14.8 Å². The first-order valence-electron chi connectivity index (χ1n) is 4.79. The average Bonchev–Trinajstić information content (AvgIpc) is 2.01. The van der Waals surface area contributed by atoms with Crippen LogP contribution in [0.1, 0.15) is 27.7 Å². The van der Waals surface area contributed by atoms with Crippen molar-refractivity contribution in [2.75, 3.05) is 20.1 Å². The van der Waals surface area contributed by atoms with Gasteiger partial charge < -0.3 is 5.73 Å². The van der Waals surface area contributed by atoms with Crippen molar-refractivity contribution in [2.24, 2.45) is 11.7 Å². The van der Waals surface area contributed by atoms with Gasteiger partial charge in [0.05, 0.1) is 4.75 Å².